The van der Waals surface area contributed by atoms with Crippen LogP contribution >= 0.6 is 0 Å². The molecule has 1 unspecified atom stereocenters. The molecule has 0 amide bonds. The van der Waals surface area contributed by atoms with Crippen molar-refractivity contribution in [3.05, 3.63) is 71.8 Å². The zero-order valence-corrected chi connectivity index (χ0v) is 11.5. The van der Waals surface area contributed by atoms with Crippen LogP contribution in [0.3, 0.4) is 0 Å². The maximum absolute atomic E-state index is 13.8. The lowest BCUT2D eigenvalue weighted by molar-refractivity contribution is 0.612. The first-order chi connectivity index (χ1) is 10.3. The molecule has 0 spiro atoms. The fourth-order valence-corrected chi connectivity index (χ4v) is 3.19. The van der Waals surface area contributed by atoms with E-state index in [0.29, 0.717) is 0 Å². The van der Waals surface area contributed by atoms with Gasteiger partial charge in [-0.15, -0.1) is 0 Å². The van der Waals surface area contributed by atoms with Crippen LogP contribution in [0.1, 0.15) is 23.6 Å². The van der Waals surface area contributed by atoms with Crippen molar-refractivity contribution >= 4 is 16.5 Å². The lowest BCUT2D eigenvalue weighted by Crippen LogP contribution is -2.07. The van der Waals surface area contributed by atoms with Crippen LogP contribution in [0.2, 0.25) is 0 Å². The molecule has 0 saturated heterocycles. The highest BCUT2D eigenvalue weighted by atomic mass is 19.1. The number of hydrogen-bond acceptors (Lipinski definition) is 2. The Labute approximate surface area is 122 Å². The molecule has 1 N–H and O–H groups in total. The minimum Gasteiger partial charge on any atom is -0.378 e. The Hall–Kier alpha value is -2.42. The van der Waals surface area contributed by atoms with Crippen molar-refractivity contribution < 1.29 is 4.39 Å². The first-order valence-corrected chi connectivity index (χ1v) is 7.19. The number of fused-ring (bicyclic) bond motifs is 2. The molecule has 0 aliphatic heterocycles. The monoisotopic (exact) mass is 278 g/mol. The van der Waals surface area contributed by atoms with Gasteiger partial charge in [-0.1, -0.05) is 24.3 Å². The van der Waals surface area contributed by atoms with E-state index in [2.05, 4.69) is 22.4 Å². The Kier molecular flexibility index (Phi) is 2.85. The lowest BCUT2D eigenvalue weighted by Gasteiger charge is -2.17. The third-order valence-electron chi connectivity index (χ3n) is 4.23. The van der Waals surface area contributed by atoms with Gasteiger partial charge < -0.3 is 5.32 Å². The normalized spacial score (nSPS) is 16.9. The van der Waals surface area contributed by atoms with Gasteiger partial charge in [0.1, 0.15) is 5.82 Å². The Morgan fingerprint density at radius 3 is 2.95 bits per heavy atom. The molecule has 3 heteroatoms. The van der Waals surface area contributed by atoms with Gasteiger partial charge in [-0.2, -0.15) is 0 Å². The quantitative estimate of drug-likeness (QED) is 0.748. The molecule has 1 heterocycles. The van der Waals surface area contributed by atoms with Crippen LogP contribution in [0.4, 0.5) is 10.1 Å². The molecule has 2 aromatic carbocycles. The van der Waals surface area contributed by atoms with Crippen molar-refractivity contribution in [1.82, 2.24) is 4.98 Å². The third-order valence-corrected chi connectivity index (χ3v) is 4.23. The third kappa shape index (κ3) is 2.05. The number of nitrogens with zero attached hydrogens (tertiary/aromatic N) is 1. The second-order valence-electron chi connectivity index (χ2n) is 5.45. The zero-order valence-electron chi connectivity index (χ0n) is 11.5. The molecule has 2 nitrogen and oxygen atoms in total. The molecular weight excluding hydrogens is 263 g/mol. The van der Waals surface area contributed by atoms with Gasteiger partial charge in [0.15, 0.2) is 0 Å². The Morgan fingerprint density at radius 1 is 1.10 bits per heavy atom. The van der Waals surface area contributed by atoms with Gasteiger partial charge in [-0.05, 0) is 47.6 Å². The van der Waals surface area contributed by atoms with E-state index in [9.17, 15) is 4.39 Å². The molecule has 104 valence electrons. The van der Waals surface area contributed by atoms with Crippen LogP contribution in [0.15, 0.2) is 54.9 Å². The second kappa shape index (κ2) is 4.85. The summed E-state index contributed by atoms with van der Waals surface area (Å²) in [5, 5.41) is 5.82. The highest BCUT2D eigenvalue weighted by molar-refractivity contribution is 5.93. The van der Waals surface area contributed by atoms with Crippen LogP contribution in [0, 0.1) is 5.82 Å². The smallest absolute Gasteiger partial charge is 0.126 e. The molecule has 1 atom stereocenters. The summed E-state index contributed by atoms with van der Waals surface area (Å²) < 4.78 is 13.8. The van der Waals surface area contributed by atoms with E-state index in [1.807, 2.05) is 24.4 Å². The summed E-state index contributed by atoms with van der Waals surface area (Å²) in [6, 6.07) is 13.7. The molecule has 4 rings (SSSR count). The Morgan fingerprint density at radius 2 is 2.00 bits per heavy atom. The Bertz CT molecular complexity index is 808. The molecule has 1 aliphatic carbocycles. The minimum atomic E-state index is -0.0867. The summed E-state index contributed by atoms with van der Waals surface area (Å²) in [5.74, 6) is -0.0867. The predicted molar refractivity (Wildman–Crippen MR) is 82.8 cm³/mol. The summed E-state index contributed by atoms with van der Waals surface area (Å²) in [5.41, 5.74) is 2.99. The molecule has 0 radical (unpaired) electrons. The first-order valence-electron chi connectivity index (χ1n) is 7.19. The van der Waals surface area contributed by atoms with E-state index < -0.39 is 0 Å². The van der Waals surface area contributed by atoms with E-state index in [1.165, 1.54) is 0 Å². The fourth-order valence-electron chi connectivity index (χ4n) is 3.19. The van der Waals surface area contributed by atoms with Gasteiger partial charge in [-0.25, -0.2) is 4.39 Å². The number of hydrogen-bond donors (Lipinski definition) is 1. The van der Waals surface area contributed by atoms with E-state index >= 15 is 0 Å². The zero-order chi connectivity index (χ0) is 14.2. The molecule has 21 heavy (non-hydrogen) atoms. The number of anilines is 1. The second-order valence-corrected chi connectivity index (χ2v) is 5.45. The average Bonchev–Trinajstić information content (AvgIpc) is 2.92. The summed E-state index contributed by atoms with van der Waals surface area (Å²) in [4.78, 5) is 4.21. The topological polar surface area (TPSA) is 24.9 Å². The fraction of sp³-hybridized carbons (Fsp3) is 0.167. The first kappa shape index (κ1) is 12.3. The molecule has 3 aromatic rings. The number of pyridine rings is 1. The summed E-state index contributed by atoms with van der Waals surface area (Å²) >= 11 is 0. The van der Waals surface area contributed by atoms with Crippen LogP contribution < -0.4 is 5.32 Å². The minimum absolute atomic E-state index is 0.0867. The van der Waals surface area contributed by atoms with Gasteiger partial charge in [0.2, 0.25) is 0 Å². The van der Waals surface area contributed by atoms with E-state index in [1.54, 1.807) is 18.3 Å². The largest absolute Gasteiger partial charge is 0.378 e. The maximum atomic E-state index is 13.8. The van der Waals surface area contributed by atoms with Crippen LogP contribution in [-0.2, 0) is 6.42 Å². The number of aromatic nitrogens is 1. The van der Waals surface area contributed by atoms with Crippen LogP contribution in [0.25, 0.3) is 10.8 Å². The van der Waals surface area contributed by atoms with E-state index in [4.69, 9.17) is 0 Å². The predicted octanol–water partition coefficient (Wildman–Crippen LogP) is 4.47. The maximum Gasteiger partial charge on any atom is 0.126 e. The van der Waals surface area contributed by atoms with Gasteiger partial charge in [0.25, 0.3) is 0 Å². The molecular formula is C18H15FN2. The van der Waals surface area contributed by atoms with Crippen molar-refractivity contribution in [1.29, 1.82) is 0 Å². The van der Waals surface area contributed by atoms with Gasteiger partial charge in [0.05, 0.1) is 6.04 Å². The highest BCUT2D eigenvalue weighted by Crippen LogP contribution is 2.36. The average molecular weight is 278 g/mol. The SMILES string of the molecule is Fc1cccc2c1CCC2Nc1cccc2ccncc12. The number of benzene rings is 2. The highest BCUT2D eigenvalue weighted by Gasteiger charge is 2.24. The number of nitrogens with one attached hydrogen (secondary N) is 1. The lowest BCUT2D eigenvalue weighted by atomic mass is 10.1. The van der Waals surface area contributed by atoms with E-state index in [0.717, 1.165) is 40.4 Å². The van der Waals surface area contributed by atoms with Crippen molar-refractivity contribution in [3.8, 4) is 0 Å². The van der Waals surface area contributed by atoms with E-state index in [-0.39, 0.29) is 11.9 Å². The van der Waals surface area contributed by atoms with Crippen molar-refractivity contribution in [3.63, 3.8) is 0 Å². The molecule has 0 bridgehead atoms. The van der Waals surface area contributed by atoms with Crippen molar-refractivity contribution in [2.75, 3.05) is 5.32 Å². The number of rotatable bonds is 2. The van der Waals surface area contributed by atoms with Crippen LogP contribution in [-0.4, -0.2) is 4.98 Å². The molecule has 0 fully saturated rings. The summed E-state index contributed by atoms with van der Waals surface area (Å²) in [6.07, 6.45) is 5.39. The number of halogens is 1. The Balaban J connectivity index is 1.73. The van der Waals surface area contributed by atoms with Crippen LogP contribution in [0.5, 0.6) is 0 Å². The molecule has 1 aliphatic rings. The van der Waals surface area contributed by atoms with Gasteiger partial charge >= 0.3 is 0 Å². The standard InChI is InChI=1S/C18H15FN2/c19-16-5-2-4-14-13(16)7-8-18(14)21-17-6-1-3-12-9-10-20-11-15(12)17/h1-6,9-11,18,21H,7-8H2. The van der Waals surface area contributed by atoms with Crippen molar-refractivity contribution in [2.45, 2.75) is 18.9 Å². The molecule has 0 saturated carbocycles. The van der Waals surface area contributed by atoms with Crippen molar-refractivity contribution in [2.24, 2.45) is 0 Å². The van der Waals surface area contributed by atoms with Gasteiger partial charge in [0, 0.05) is 23.5 Å². The van der Waals surface area contributed by atoms with Gasteiger partial charge in [-0.3, -0.25) is 4.98 Å². The molecule has 1 aromatic heterocycles. The summed E-state index contributed by atoms with van der Waals surface area (Å²) in [6.45, 7) is 0. The summed E-state index contributed by atoms with van der Waals surface area (Å²) in [7, 11) is 0.